The Bertz CT molecular complexity index is 1430. The van der Waals surface area contributed by atoms with Crippen molar-refractivity contribution in [2.45, 2.75) is 25.5 Å². The van der Waals surface area contributed by atoms with Crippen LogP contribution in [0.2, 0.25) is 0 Å². The molecule has 4 nitrogen and oxygen atoms in total. The van der Waals surface area contributed by atoms with Crippen molar-refractivity contribution < 1.29 is 9.50 Å². The SMILES string of the molecule is C=CCn1cc(C(O)(CC)c2ccc3c(cnn3-c3ccc(F)cc3)c2)c2ccccc21. The van der Waals surface area contributed by atoms with E-state index in [2.05, 4.69) is 28.4 Å². The third-order valence-electron chi connectivity index (χ3n) is 6.19. The van der Waals surface area contributed by atoms with Gasteiger partial charge in [0.05, 0.1) is 17.4 Å². The minimum atomic E-state index is -1.15. The lowest BCUT2D eigenvalue weighted by Crippen LogP contribution is -2.26. The van der Waals surface area contributed by atoms with Crippen molar-refractivity contribution in [1.29, 1.82) is 0 Å². The lowest BCUT2D eigenvalue weighted by Gasteiger charge is -2.27. The minimum absolute atomic E-state index is 0.281. The van der Waals surface area contributed by atoms with Gasteiger partial charge in [0.1, 0.15) is 11.4 Å². The maximum absolute atomic E-state index is 13.3. The molecule has 2 heterocycles. The van der Waals surface area contributed by atoms with Gasteiger partial charge in [-0.3, -0.25) is 0 Å². The number of rotatable bonds is 6. The highest BCUT2D eigenvalue weighted by atomic mass is 19.1. The smallest absolute Gasteiger partial charge is 0.123 e. The predicted molar refractivity (Wildman–Crippen MR) is 126 cm³/mol. The van der Waals surface area contributed by atoms with Crippen molar-refractivity contribution >= 4 is 21.8 Å². The average molecular weight is 426 g/mol. The van der Waals surface area contributed by atoms with Crippen LogP contribution in [0.3, 0.4) is 0 Å². The van der Waals surface area contributed by atoms with Crippen LogP contribution in [0, 0.1) is 5.82 Å². The van der Waals surface area contributed by atoms with E-state index in [0.29, 0.717) is 13.0 Å². The molecule has 0 aliphatic rings. The third kappa shape index (κ3) is 3.13. The molecule has 5 aromatic rings. The van der Waals surface area contributed by atoms with E-state index in [1.807, 2.05) is 49.5 Å². The molecule has 1 N–H and O–H groups in total. The second-order valence-corrected chi connectivity index (χ2v) is 8.02. The lowest BCUT2D eigenvalue weighted by molar-refractivity contribution is 0.0780. The molecule has 3 aromatic carbocycles. The number of nitrogens with zero attached hydrogens (tertiary/aromatic N) is 3. The summed E-state index contributed by atoms with van der Waals surface area (Å²) in [6.07, 6.45) is 6.19. The summed E-state index contributed by atoms with van der Waals surface area (Å²) >= 11 is 0. The van der Waals surface area contributed by atoms with Gasteiger partial charge in [-0.2, -0.15) is 5.10 Å². The Morgan fingerprint density at radius 1 is 1.06 bits per heavy atom. The van der Waals surface area contributed by atoms with E-state index < -0.39 is 5.60 Å². The fourth-order valence-corrected chi connectivity index (χ4v) is 4.49. The quantitative estimate of drug-likeness (QED) is 0.342. The highest BCUT2D eigenvalue weighted by molar-refractivity contribution is 5.86. The van der Waals surface area contributed by atoms with Crippen molar-refractivity contribution in [3.63, 3.8) is 0 Å². The molecule has 1 unspecified atom stereocenters. The second kappa shape index (κ2) is 7.77. The van der Waals surface area contributed by atoms with Crippen LogP contribution in [-0.4, -0.2) is 19.5 Å². The van der Waals surface area contributed by atoms with Crippen molar-refractivity contribution in [3.05, 3.63) is 109 Å². The average Bonchev–Trinajstić information content (AvgIpc) is 3.41. The molecule has 0 bridgehead atoms. The molecule has 0 spiro atoms. The molecule has 5 heteroatoms. The number of hydrogen-bond donors (Lipinski definition) is 1. The van der Waals surface area contributed by atoms with Crippen LogP contribution in [0.15, 0.2) is 91.8 Å². The molecule has 160 valence electrons. The Morgan fingerprint density at radius 3 is 2.59 bits per heavy atom. The van der Waals surface area contributed by atoms with Gasteiger partial charge in [-0.1, -0.05) is 37.3 Å². The Balaban J connectivity index is 1.64. The van der Waals surface area contributed by atoms with Gasteiger partial charge in [-0.05, 0) is 54.4 Å². The van der Waals surface area contributed by atoms with Crippen LogP contribution in [0.1, 0.15) is 24.5 Å². The topological polar surface area (TPSA) is 43.0 Å². The van der Waals surface area contributed by atoms with Gasteiger partial charge in [0.25, 0.3) is 0 Å². The van der Waals surface area contributed by atoms with E-state index in [1.165, 1.54) is 12.1 Å². The first-order valence-corrected chi connectivity index (χ1v) is 10.7. The molecule has 0 aliphatic carbocycles. The van der Waals surface area contributed by atoms with Crippen LogP contribution in [0.4, 0.5) is 4.39 Å². The van der Waals surface area contributed by atoms with Gasteiger partial charge in [0.2, 0.25) is 0 Å². The molecule has 32 heavy (non-hydrogen) atoms. The molecule has 1 atom stereocenters. The van der Waals surface area contributed by atoms with Crippen molar-refractivity contribution in [1.82, 2.24) is 14.3 Å². The van der Waals surface area contributed by atoms with Gasteiger partial charge in [0, 0.05) is 34.6 Å². The summed E-state index contributed by atoms with van der Waals surface area (Å²) in [6, 6.07) is 20.3. The number of benzene rings is 3. The van der Waals surface area contributed by atoms with Crippen LogP contribution in [-0.2, 0) is 12.1 Å². The number of aromatic nitrogens is 3. The van der Waals surface area contributed by atoms with Gasteiger partial charge in [-0.25, -0.2) is 9.07 Å². The molecular weight excluding hydrogens is 401 g/mol. The zero-order valence-corrected chi connectivity index (χ0v) is 17.9. The molecule has 0 aliphatic heterocycles. The first-order valence-electron chi connectivity index (χ1n) is 10.7. The zero-order chi connectivity index (χ0) is 22.3. The number of allylic oxidation sites excluding steroid dienone is 1. The third-order valence-corrected chi connectivity index (χ3v) is 6.19. The van der Waals surface area contributed by atoms with Crippen molar-refractivity contribution in [2.24, 2.45) is 0 Å². The number of aliphatic hydroxyl groups is 1. The summed E-state index contributed by atoms with van der Waals surface area (Å²) in [4.78, 5) is 0. The van der Waals surface area contributed by atoms with Gasteiger partial charge in [-0.15, -0.1) is 6.58 Å². The number of halogens is 1. The lowest BCUT2D eigenvalue weighted by atomic mass is 9.83. The Kier molecular flexibility index (Phi) is 4.91. The normalized spacial score (nSPS) is 13.5. The second-order valence-electron chi connectivity index (χ2n) is 8.02. The van der Waals surface area contributed by atoms with Crippen LogP contribution in [0.5, 0.6) is 0 Å². The zero-order valence-electron chi connectivity index (χ0n) is 17.9. The fraction of sp³-hybridized carbons (Fsp3) is 0.148. The number of hydrogen-bond acceptors (Lipinski definition) is 2. The van der Waals surface area contributed by atoms with Gasteiger partial charge in [0.15, 0.2) is 0 Å². The Labute approximate surface area is 185 Å². The standard InChI is InChI=1S/C27H24FN3O/c1-3-15-30-18-24(23-7-5-6-8-26(23)30)27(32,4-2)20-9-14-25-19(16-20)17-29-31(25)22-12-10-21(28)11-13-22/h3,5-14,16-18,32H,1,4,15H2,2H3. The fourth-order valence-electron chi connectivity index (χ4n) is 4.49. The molecule has 0 fully saturated rings. The molecular formula is C27H24FN3O. The van der Waals surface area contributed by atoms with Gasteiger partial charge < -0.3 is 9.67 Å². The molecule has 0 radical (unpaired) electrons. The summed E-state index contributed by atoms with van der Waals surface area (Å²) in [5, 5.41) is 18.4. The van der Waals surface area contributed by atoms with Crippen LogP contribution in [0.25, 0.3) is 27.5 Å². The van der Waals surface area contributed by atoms with E-state index in [4.69, 9.17) is 0 Å². The molecule has 0 saturated carbocycles. The first-order chi connectivity index (χ1) is 15.5. The van der Waals surface area contributed by atoms with Gasteiger partial charge >= 0.3 is 0 Å². The molecule has 2 aromatic heterocycles. The van der Waals surface area contributed by atoms with E-state index in [-0.39, 0.29) is 5.82 Å². The highest BCUT2D eigenvalue weighted by Crippen LogP contribution is 2.39. The largest absolute Gasteiger partial charge is 0.380 e. The van der Waals surface area contributed by atoms with Crippen LogP contribution < -0.4 is 0 Å². The number of para-hydroxylation sites is 1. The highest BCUT2D eigenvalue weighted by Gasteiger charge is 2.33. The van der Waals surface area contributed by atoms with E-state index >= 15 is 0 Å². The Hall–Kier alpha value is -3.70. The summed E-state index contributed by atoms with van der Waals surface area (Å²) < 4.78 is 17.2. The van der Waals surface area contributed by atoms with Crippen molar-refractivity contribution in [3.8, 4) is 5.69 Å². The summed E-state index contributed by atoms with van der Waals surface area (Å²) in [5.41, 5.74) is 3.29. The van der Waals surface area contributed by atoms with Crippen LogP contribution >= 0.6 is 0 Å². The summed E-state index contributed by atoms with van der Waals surface area (Å²) in [7, 11) is 0. The summed E-state index contributed by atoms with van der Waals surface area (Å²) in [6.45, 7) is 6.53. The number of fused-ring (bicyclic) bond motifs is 2. The minimum Gasteiger partial charge on any atom is -0.380 e. The molecule has 0 amide bonds. The molecule has 0 saturated heterocycles. The predicted octanol–water partition coefficient (Wildman–Crippen LogP) is 5.95. The van der Waals surface area contributed by atoms with E-state index in [1.54, 1.807) is 23.0 Å². The maximum Gasteiger partial charge on any atom is 0.123 e. The van der Waals surface area contributed by atoms with Crippen molar-refractivity contribution in [2.75, 3.05) is 0 Å². The van der Waals surface area contributed by atoms with E-state index in [9.17, 15) is 9.50 Å². The maximum atomic E-state index is 13.3. The monoisotopic (exact) mass is 425 g/mol. The Morgan fingerprint density at radius 2 is 1.84 bits per heavy atom. The molecule has 5 rings (SSSR count). The van der Waals surface area contributed by atoms with E-state index in [0.717, 1.165) is 38.6 Å². The first kappa shape index (κ1) is 20.2. The summed E-state index contributed by atoms with van der Waals surface area (Å²) in [5.74, 6) is -0.281.